The molecule has 0 fully saturated rings. The van der Waals surface area contributed by atoms with Gasteiger partial charge in [0, 0.05) is 23.6 Å². The molecular weight excluding hydrogens is 247 g/mol. The van der Waals surface area contributed by atoms with E-state index in [0.717, 1.165) is 0 Å². The molecule has 0 saturated carbocycles. The standard InChI is InChI=1S/C11H8F3N3O/c12-11(13,14)10(18)17-8-3-1-2-7(6-8)9-15-4-5-16-9/h1-6H,(H,15,16)(H,17,18). The van der Waals surface area contributed by atoms with Gasteiger partial charge >= 0.3 is 12.1 Å². The molecule has 2 rings (SSSR count). The van der Waals surface area contributed by atoms with Crippen molar-refractivity contribution in [1.29, 1.82) is 0 Å². The van der Waals surface area contributed by atoms with Crippen LogP contribution < -0.4 is 5.32 Å². The van der Waals surface area contributed by atoms with Crippen molar-refractivity contribution < 1.29 is 18.0 Å². The Morgan fingerprint density at radius 3 is 2.72 bits per heavy atom. The fraction of sp³-hybridized carbons (Fsp3) is 0.0909. The summed E-state index contributed by atoms with van der Waals surface area (Å²) in [5.74, 6) is -1.49. The Morgan fingerprint density at radius 2 is 2.11 bits per heavy atom. The number of amides is 1. The highest BCUT2D eigenvalue weighted by molar-refractivity contribution is 5.95. The maximum absolute atomic E-state index is 12.1. The molecule has 4 nitrogen and oxygen atoms in total. The SMILES string of the molecule is O=C(Nc1cccc(-c2ncc[nH]2)c1)C(F)(F)F. The quantitative estimate of drug-likeness (QED) is 0.866. The molecule has 0 radical (unpaired) electrons. The summed E-state index contributed by atoms with van der Waals surface area (Å²) in [5.41, 5.74) is 0.645. The van der Waals surface area contributed by atoms with Crippen molar-refractivity contribution in [3.05, 3.63) is 36.7 Å². The molecule has 0 aliphatic rings. The Labute approximate surface area is 99.9 Å². The fourth-order valence-corrected chi connectivity index (χ4v) is 1.37. The maximum Gasteiger partial charge on any atom is 0.471 e. The number of hydrogen-bond acceptors (Lipinski definition) is 2. The van der Waals surface area contributed by atoms with Crippen molar-refractivity contribution in [2.24, 2.45) is 0 Å². The third kappa shape index (κ3) is 2.68. The minimum Gasteiger partial charge on any atom is -0.345 e. The van der Waals surface area contributed by atoms with Gasteiger partial charge < -0.3 is 10.3 Å². The van der Waals surface area contributed by atoms with Gasteiger partial charge in [-0.3, -0.25) is 4.79 Å². The average molecular weight is 255 g/mol. The molecule has 2 N–H and O–H groups in total. The largest absolute Gasteiger partial charge is 0.471 e. The van der Waals surface area contributed by atoms with Crippen molar-refractivity contribution >= 4 is 11.6 Å². The number of nitrogens with one attached hydrogen (secondary N) is 2. The van der Waals surface area contributed by atoms with Gasteiger partial charge in [-0.1, -0.05) is 12.1 Å². The van der Waals surface area contributed by atoms with Gasteiger partial charge in [-0.15, -0.1) is 0 Å². The summed E-state index contributed by atoms with van der Waals surface area (Å²) in [6.07, 6.45) is -1.78. The molecule has 0 saturated heterocycles. The average Bonchev–Trinajstić information content (AvgIpc) is 2.81. The Morgan fingerprint density at radius 1 is 1.33 bits per heavy atom. The van der Waals surface area contributed by atoms with Gasteiger partial charge in [0.05, 0.1) is 0 Å². The molecule has 94 valence electrons. The molecule has 1 heterocycles. The van der Waals surface area contributed by atoms with Crippen LogP contribution in [0, 0.1) is 0 Å². The van der Waals surface area contributed by atoms with E-state index >= 15 is 0 Å². The third-order valence-corrected chi connectivity index (χ3v) is 2.15. The summed E-state index contributed by atoms with van der Waals surface area (Å²) >= 11 is 0. The smallest absolute Gasteiger partial charge is 0.345 e. The van der Waals surface area contributed by atoms with E-state index < -0.39 is 12.1 Å². The van der Waals surface area contributed by atoms with Crippen LogP contribution in [-0.2, 0) is 4.79 Å². The number of halogens is 3. The highest BCUT2D eigenvalue weighted by atomic mass is 19.4. The van der Waals surface area contributed by atoms with Crippen LogP contribution in [0.15, 0.2) is 36.7 Å². The number of aromatic amines is 1. The minimum absolute atomic E-state index is 0.0613. The van der Waals surface area contributed by atoms with Gasteiger partial charge in [0.1, 0.15) is 5.82 Å². The number of hydrogen-bond donors (Lipinski definition) is 2. The molecular formula is C11H8F3N3O. The minimum atomic E-state index is -4.90. The first-order chi connectivity index (χ1) is 8.47. The van der Waals surface area contributed by atoms with Gasteiger partial charge in [-0.25, -0.2) is 4.98 Å². The molecule has 0 aliphatic carbocycles. The molecule has 0 spiro atoms. The van der Waals surface area contributed by atoms with E-state index in [4.69, 9.17) is 0 Å². The number of imidazole rings is 1. The molecule has 0 aliphatic heterocycles. The maximum atomic E-state index is 12.1. The highest BCUT2D eigenvalue weighted by Gasteiger charge is 2.38. The summed E-state index contributed by atoms with van der Waals surface area (Å²) in [6, 6.07) is 5.98. The number of rotatable bonds is 2. The van der Waals surface area contributed by atoms with E-state index in [9.17, 15) is 18.0 Å². The predicted octanol–water partition coefficient (Wildman–Crippen LogP) is 2.58. The first-order valence-electron chi connectivity index (χ1n) is 4.95. The summed E-state index contributed by atoms with van der Waals surface area (Å²) < 4.78 is 36.2. The summed E-state index contributed by atoms with van der Waals surface area (Å²) in [7, 11) is 0. The molecule has 1 aromatic heterocycles. The van der Waals surface area contributed by atoms with E-state index in [2.05, 4.69) is 9.97 Å². The number of benzene rings is 1. The second-order valence-corrected chi connectivity index (χ2v) is 3.47. The van der Waals surface area contributed by atoms with Crippen LogP contribution in [0.3, 0.4) is 0 Å². The molecule has 1 aromatic carbocycles. The summed E-state index contributed by atoms with van der Waals surface area (Å²) in [6.45, 7) is 0. The van der Waals surface area contributed by atoms with Crippen molar-refractivity contribution in [1.82, 2.24) is 9.97 Å². The topological polar surface area (TPSA) is 57.8 Å². The number of nitrogens with zero attached hydrogens (tertiary/aromatic N) is 1. The van der Waals surface area contributed by atoms with Crippen molar-refractivity contribution in [2.45, 2.75) is 6.18 Å². The van der Waals surface area contributed by atoms with Crippen LogP contribution in [-0.4, -0.2) is 22.1 Å². The summed E-state index contributed by atoms with van der Waals surface area (Å²) in [4.78, 5) is 17.6. The molecule has 7 heteroatoms. The van der Waals surface area contributed by atoms with Gasteiger partial charge in [0.2, 0.25) is 0 Å². The molecule has 1 amide bonds. The van der Waals surface area contributed by atoms with Gasteiger partial charge in [0.15, 0.2) is 0 Å². The van der Waals surface area contributed by atoms with E-state index in [1.807, 2.05) is 0 Å². The zero-order valence-electron chi connectivity index (χ0n) is 8.95. The number of H-pyrrole nitrogens is 1. The first-order valence-corrected chi connectivity index (χ1v) is 4.95. The van der Waals surface area contributed by atoms with Crippen molar-refractivity contribution in [3.63, 3.8) is 0 Å². The molecule has 18 heavy (non-hydrogen) atoms. The monoisotopic (exact) mass is 255 g/mol. The molecule has 2 aromatic rings. The van der Waals surface area contributed by atoms with Gasteiger partial charge in [0.25, 0.3) is 0 Å². The van der Waals surface area contributed by atoms with E-state index in [1.165, 1.54) is 24.4 Å². The number of carbonyl (C=O) groups is 1. The Balaban J connectivity index is 2.21. The Kier molecular flexibility index (Phi) is 3.05. The zero-order valence-corrected chi connectivity index (χ0v) is 8.95. The molecule has 0 atom stereocenters. The van der Waals surface area contributed by atoms with Crippen LogP contribution in [0.1, 0.15) is 0 Å². The Hall–Kier alpha value is -2.31. The van der Waals surface area contributed by atoms with Crippen molar-refractivity contribution in [3.8, 4) is 11.4 Å². The lowest BCUT2D eigenvalue weighted by molar-refractivity contribution is -0.167. The van der Waals surface area contributed by atoms with Crippen molar-refractivity contribution in [2.75, 3.05) is 5.32 Å². The van der Waals surface area contributed by atoms with E-state index in [0.29, 0.717) is 11.4 Å². The van der Waals surface area contributed by atoms with Gasteiger partial charge in [-0.2, -0.15) is 13.2 Å². The lowest BCUT2D eigenvalue weighted by atomic mass is 10.2. The van der Waals surface area contributed by atoms with E-state index in [-0.39, 0.29) is 5.69 Å². The normalized spacial score (nSPS) is 11.3. The second kappa shape index (κ2) is 4.52. The Bertz CT molecular complexity index is 549. The van der Waals surface area contributed by atoms with E-state index in [1.54, 1.807) is 17.6 Å². The lowest BCUT2D eigenvalue weighted by Crippen LogP contribution is -2.29. The lowest BCUT2D eigenvalue weighted by Gasteiger charge is -2.08. The number of aromatic nitrogens is 2. The predicted molar refractivity (Wildman–Crippen MR) is 58.7 cm³/mol. The van der Waals surface area contributed by atoms with Gasteiger partial charge in [-0.05, 0) is 12.1 Å². The number of anilines is 1. The van der Waals surface area contributed by atoms with Crippen LogP contribution in [0.5, 0.6) is 0 Å². The molecule has 0 unspecified atom stereocenters. The fourth-order valence-electron chi connectivity index (χ4n) is 1.37. The zero-order chi connectivity index (χ0) is 13.2. The van der Waals surface area contributed by atoms with Crippen LogP contribution >= 0.6 is 0 Å². The first kappa shape index (κ1) is 12.2. The number of carbonyl (C=O) groups excluding carboxylic acids is 1. The summed E-state index contributed by atoms with van der Waals surface area (Å²) in [5, 5.41) is 1.78. The second-order valence-electron chi connectivity index (χ2n) is 3.47. The van der Waals surface area contributed by atoms with Crippen LogP contribution in [0.25, 0.3) is 11.4 Å². The molecule has 0 bridgehead atoms. The van der Waals surface area contributed by atoms with Crippen LogP contribution in [0.2, 0.25) is 0 Å². The highest BCUT2D eigenvalue weighted by Crippen LogP contribution is 2.22. The van der Waals surface area contributed by atoms with Crippen LogP contribution in [0.4, 0.5) is 18.9 Å². The third-order valence-electron chi connectivity index (χ3n) is 2.15. The number of alkyl halides is 3.